The summed E-state index contributed by atoms with van der Waals surface area (Å²) in [5.74, 6) is 8.02. The summed E-state index contributed by atoms with van der Waals surface area (Å²) in [6.07, 6.45) is 8.60. The van der Waals surface area contributed by atoms with Crippen LogP contribution in [-0.4, -0.2) is 125 Å². The van der Waals surface area contributed by atoms with E-state index in [-0.39, 0.29) is 34.6 Å². The molecule has 9 aromatic rings. The lowest BCUT2D eigenvalue weighted by molar-refractivity contribution is 0.110. The molecule has 0 saturated heterocycles. The average Bonchev–Trinajstić information content (AvgIpc) is 1.60. The maximum Gasteiger partial charge on any atom is 0.157 e. The van der Waals surface area contributed by atoms with Gasteiger partial charge in [0.25, 0.3) is 0 Å². The van der Waals surface area contributed by atoms with Crippen LogP contribution >= 0.6 is 79.6 Å². The summed E-state index contributed by atoms with van der Waals surface area (Å²) in [7, 11) is 6.42. The number of nitrogens with zero attached hydrogens (tertiary/aromatic N) is 3. The van der Waals surface area contributed by atoms with Crippen LogP contribution < -0.4 is 47.4 Å². The molecule has 0 fully saturated rings. The number of aromatic nitrogens is 3. The number of aldehydes is 2. The van der Waals surface area contributed by atoms with Crippen LogP contribution in [-0.2, 0) is 32.3 Å². The van der Waals surface area contributed by atoms with Crippen molar-refractivity contribution in [1.82, 2.24) is 14.8 Å². The second-order valence-corrected chi connectivity index (χ2v) is 24.7. The van der Waals surface area contributed by atoms with E-state index < -0.39 is 0 Å². The van der Waals surface area contributed by atoms with E-state index in [9.17, 15) is 14.7 Å². The summed E-state index contributed by atoms with van der Waals surface area (Å²) >= 11 is 16.2. The zero-order valence-electron chi connectivity index (χ0n) is 53.8. The number of hydrogen-bond acceptors (Lipinski definition) is 18. The summed E-state index contributed by atoms with van der Waals surface area (Å²) < 4.78 is 56.2. The number of carbonyl (C=O) groups excluding carboxylic acids is 2. The SMILES string of the molecule is BrCCBr.CC(C)n1nccc1-c1ncccc1COc1ccc2c(c1C=O)OCC2.COc1ccc(Br)c(O)c1.COc1ccc(Br)c(OCCBr)c1.COc1ccc2c(c1)OCC2.COc1cccc(O)c1.O=Cc1c(O)ccc2c1OCC2.Oc1ccc2c(c1)OCC2. The Morgan fingerprint density at radius 2 is 1.05 bits per heavy atom. The topological polar surface area (TPSA) is 238 Å². The molecule has 0 bridgehead atoms. The average molecular weight is 1640 g/mol. The molecule has 6 heterocycles. The third-order valence-corrected chi connectivity index (χ3v) is 17.5. The Kier molecular flexibility index (Phi) is 32.9. The summed E-state index contributed by atoms with van der Waals surface area (Å²) in [6, 6.07) is 41.7. The minimum absolute atomic E-state index is 0.00866. The van der Waals surface area contributed by atoms with Crippen molar-refractivity contribution in [3.63, 3.8) is 0 Å². The van der Waals surface area contributed by atoms with Crippen LogP contribution in [0.4, 0.5) is 0 Å². The Balaban J connectivity index is 0.000000183. The van der Waals surface area contributed by atoms with E-state index in [4.69, 9.17) is 62.7 Å². The monoisotopic (exact) mass is 1630 g/mol. The minimum atomic E-state index is -0.00866. The van der Waals surface area contributed by atoms with Crippen LogP contribution in [0.2, 0.25) is 0 Å². The molecule has 0 atom stereocenters. The minimum Gasteiger partial charge on any atom is -0.508 e. The van der Waals surface area contributed by atoms with Crippen molar-refractivity contribution in [3.05, 3.63) is 200 Å². The van der Waals surface area contributed by atoms with Crippen molar-refractivity contribution in [2.24, 2.45) is 0 Å². The first-order valence-corrected chi connectivity index (χ1v) is 35.0. The molecule has 4 aliphatic rings. The summed E-state index contributed by atoms with van der Waals surface area (Å²) in [4.78, 5) is 26.7. The largest absolute Gasteiger partial charge is 0.508 e. The Bertz CT molecular complexity index is 3910. The molecule has 2 aromatic heterocycles. The van der Waals surface area contributed by atoms with E-state index in [1.54, 1.807) is 101 Å². The fourth-order valence-corrected chi connectivity index (χ4v) is 10.0. The number of phenols is 4. The zero-order valence-corrected chi connectivity index (χ0v) is 61.7. The van der Waals surface area contributed by atoms with E-state index in [2.05, 4.69) is 110 Å². The van der Waals surface area contributed by atoms with Crippen molar-refractivity contribution in [2.75, 3.05) is 77.5 Å². The van der Waals surface area contributed by atoms with Gasteiger partial charge in [-0.05, 0) is 141 Å². The fraction of sp³-hybridized carbons (Fsp3) is 0.278. The first-order valence-electron chi connectivity index (χ1n) is 30.0. The lowest BCUT2D eigenvalue weighted by Gasteiger charge is -2.15. The quantitative estimate of drug-likeness (QED) is 0.0551. The number of alkyl halides is 3. The standard InChI is InChI=1S/C21H21N3O3.C9H10Br2O2.C9H8O3.C9H10O2.C8H8O2.C7H7BrO2.C7H8O2.C2H4Br2/c1-14(2)24-18(7-10-23-24)20-16(4-3-9-22-20)13-27-19-6-5-15-8-11-26-21(15)17(19)12-25;1-12-7-2-3-8(11)9(6-7)13-5-4-10;10-5-7-8(11)2-1-6-3-4-12-9(6)7;1-10-8-3-2-7-4-5-11-9(7)6-8;9-7-2-1-6-3-4-10-8(6)5-7;1-10-5-2-3-6(8)7(9)4-5;1-9-7-4-2-3-6(8)5-7;3-1-2-4/h3-7,9-10,12,14H,8,11,13H2,1-2H3;2-3,6H,4-5H2,1H3;1-2,5,11H,3-4H2;2-3,6H,4-5H2,1H3;1-2,5,9H,3-4H2;2-4,9H,1H3;2-5,8H,1H3;1-2H2. The summed E-state index contributed by atoms with van der Waals surface area (Å²) in [6.45, 7) is 7.86. The highest BCUT2D eigenvalue weighted by molar-refractivity contribution is 9.12. The van der Waals surface area contributed by atoms with Crippen molar-refractivity contribution < 1.29 is 77.4 Å². The maximum absolute atomic E-state index is 11.6. The molecule has 0 spiro atoms. The first-order chi connectivity index (χ1) is 46.5. The molecule has 0 aliphatic carbocycles. The van der Waals surface area contributed by atoms with Gasteiger partial charge in [-0.1, -0.05) is 84.2 Å². The van der Waals surface area contributed by atoms with Crippen molar-refractivity contribution in [2.45, 2.75) is 52.2 Å². The second kappa shape index (κ2) is 41.1. The lowest BCUT2D eigenvalue weighted by Crippen LogP contribution is -2.08. The van der Waals surface area contributed by atoms with Crippen LogP contribution in [0.5, 0.6) is 80.5 Å². The van der Waals surface area contributed by atoms with Gasteiger partial charge < -0.3 is 67.8 Å². The second-order valence-electron chi connectivity index (χ2n) is 20.6. The normalized spacial score (nSPS) is 11.8. The van der Waals surface area contributed by atoms with E-state index in [1.165, 1.54) is 17.2 Å². The molecule has 510 valence electrons. The Labute approximate surface area is 601 Å². The number of halogens is 5. The number of fused-ring (bicyclic) bond motifs is 4. The van der Waals surface area contributed by atoms with Crippen molar-refractivity contribution >= 4 is 92.2 Å². The van der Waals surface area contributed by atoms with Crippen LogP contribution in [0.25, 0.3) is 11.4 Å². The molecule has 4 aliphatic heterocycles. The Morgan fingerprint density at radius 3 is 1.65 bits per heavy atom. The number of rotatable bonds is 15. The third-order valence-electron chi connectivity index (χ3n) is 14.0. The lowest BCUT2D eigenvalue weighted by atomic mass is 10.1. The molecule has 0 saturated carbocycles. The summed E-state index contributed by atoms with van der Waals surface area (Å²) in [5.41, 5.74) is 7.96. The molecule has 13 rings (SSSR count). The molecular formula is C72H76Br5N3O16. The highest BCUT2D eigenvalue weighted by atomic mass is 79.9. The van der Waals surface area contributed by atoms with Gasteiger partial charge in [0.1, 0.15) is 87.1 Å². The van der Waals surface area contributed by atoms with E-state index in [0.29, 0.717) is 71.5 Å². The molecule has 4 N–H and O–H groups in total. The number of ether oxygens (including phenoxy) is 10. The predicted octanol–water partition coefficient (Wildman–Crippen LogP) is 16.5. The highest BCUT2D eigenvalue weighted by Gasteiger charge is 2.22. The van der Waals surface area contributed by atoms with Crippen LogP contribution in [0.3, 0.4) is 0 Å². The highest BCUT2D eigenvalue weighted by Crippen LogP contribution is 2.38. The van der Waals surface area contributed by atoms with E-state index in [0.717, 1.165) is 122 Å². The summed E-state index contributed by atoms with van der Waals surface area (Å²) in [5, 5.41) is 43.6. The van der Waals surface area contributed by atoms with E-state index >= 15 is 0 Å². The molecule has 96 heavy (non-hydrogen) atoms. The smallest absolute Gasteiger partial charge is 0.157 e. The van der Waals surface area contributed by atoms with Crippen molar-refractivity contribution in [3.8, 4) is 91.9 Å². The van der Waals surface area contributed by atoms with E-state index in [1.807, 2.05) is 71.4 Å². The molecule has 7 aromatic carbocycles. The predicted molar refractivity (Wildman–Crippen MR) is 388 cm³/mol. The number of pyridine rings is 1. The maximum atomic E-state index is 11.6. The van der Waals surface area contributed by atoms with Gasteiger partial charge in [-0.25, -0.2) is 0 Å². The number of phenolic OH excluding ortho intramolecular Hbond substituents is 4. The fourth-order valence-electron chi connectivity index (χ4n) is 9.26. The van der Waals surface area contributed by atoms with Gasteiger partial charge in [0.2, 0.25) is 0 Å². The molecule has 0 amide bonds. The number of carbonyl (C=O) groups is 2. The van der Waals surface area contributed by atoms with Gasteiger partial charge in [0.15, 0.2) is 12.6 Å². The number of benzene rings is 7. The Hall–Kier alpha value is -8.16. The molecule has 0 radical (unpaired) electrons. The van der Waals surface area contributed by atoms with Crippen LogP contribution in [0, 0.1) is 0 Å². The number of methoxy groups -OCH3 is 4. The zero-order chi connectivity index (χ0) is 69.4. The van der Waals surface area contributed by atoms with Gasteiger partial charge in [-0.2, -0.15) is 5.10 Å². The molecular weight excluding hydrogens is 1560 g/mol. The molecule has 24 heteroatoms. The van der Waals surface area contributed by atoms with Gasteiger partial charge in [-0.15, -0.1) is 0 Å². The van der Waals surface area contributed by atoms with Gasteiger partial charge in [0.05, 0.1) is 92.9 Å². The van der Waals surface area contributed by atoms with Gasteiger partial charge in [0, 0.05) is 96.0 Å². The van der Waals surface area contributed by atoms with Crippen LogP contribution in [0.15, 0.2) is 161 Å². The number of hydrogen-bond donors (Lipinski definition) is 4. The first kappa shape index (κ1) is 76.9. The molecule has 0 unspecified atom stereocenters. The number of aromatic hydroxyl groups is 4. The van der Waals surface area contributed by atoms with Crippen molar-refractivity contribution in [1.29, 1.82) is 0 Å². The Morgan fingerprint density at radius 1 is 0.510 bits per heavy atom. The third kappa shape index (κ3) is 23.3. The molecule has 19 nitrogen and oxygen atoms in total. The van der Waals surface area contributed by atoms with Gasteiger partial charge >= 0.3 is 0 Å². The van der Waals surface area contributed by atoms with Gasteiger partial charge in [-0.3, -0.25) is 19.3 Å². The van der Waals surface area contributed by atoms with Crippen LogP contribution in [0.1, 0.15) is 68.4 Å².